The molecule has 0 amide bonds. The highest BCUT2D eigenvalue weighted by Gasteiger charge is 2.36. The van der Waals surface area contributed by atoms with Crippen molar-refractivity contribution in [2.45, 2.75) is 18.9 Å². The summed E-state index contributed by atoms with van der Waals surface area (Å²) in [6, 6.07) is 18.6. The zero-order valence-corrected chi connectivity index (χ0v) is 19.4. The van der Waals surface area contributed by atoms with Gasteiger partial charge in [-0.15, -0.1) is 0 Å². The van der Waals surface area contributed by atoms with Crippen LogP contribution in [0.25, 0.3) is 21.5 Å². The largest absolute Gasteiger partial charge is 0.500 e. The Labute approximate surface area is 184 Å². The van der Waals surface area contributed by atoms with Gasteiger partial charge in [-0.05, 0) is 34.0 Å². The predicted molar refractivity (Wildman–Crippen MR) is 123 cm³/mol. The van der Waals surface area contributed by atoms with Gasteiger partial charge in [-0.3, -0.25) is 0 Å². The van der Waals surface area contributed by atoms with E-state index in [9.17, 15) is 4.79 Å². The van der Waals surface area contributed by atoms with Crippen LogP contribution in [0.1, 0.15) is 23.2 Å². The molecule has 0 N–H and O–H groups in total. The van der Waals surface area contributed by atoms with Crippen LogP contribution in [0.3, 0.4) is 0 Å². The zero-order valence-electron chi connectivity index (χ0n) is 18.4. The van der Waals surface area contributed by atoms with Crippen LogP contribution in [0.2, 0.25) is 6.04 Å². The van der Waals surface area contributed by atoms with Gasteiger partial charge in [0.25, 0.3) is 0 Å². The first-order valence-electron chi connectivity index (χ1n) is 10.4. The first-order chi connectivity index (χ1) is 15.1. The molecule has 31 heavy (non-hydrogen) atoms. The predicted octanol–water partition coefficient (Wildman–Crippen LogP) is 4.82. The van der Waals surface area contributed by atoms with Crippen LogP contribution in [0.4, 0.5) is 0 Å². The van der Waals surface area contributed by atoms with E-state index in [0.717, 1.165) is 28.0 Å². The molecule has 0 aromatic heterocycles. The van der Waals surface area contributed by atoms with Crippen LogP contribution < -0.4 is 0 Å². The third kappa shape index (κ3) is 5.69. The molecule has 0 spiro atoms. The minimum absolute atomic E-state index is 0.302. The van der Waals surface area contributed by atoms with Gasteiger partial charge >= 0.3 is 14.8 Å². The van der Waals surface area contributed by atoms with E-state index in [0.29, 0.717) is 37.8 Å². The molecule has 7 heteroatoms. The van der Waals surface area contributed by atoms with Crippen LogP contribution in [0.15, 0.2) is 54.6 Å². The van der Waals surface area contributed by atoms with E-state index in [1.165, 1.54) is 0 Å². The van der Waals surface area contributed by atoms with Crippen molar-refractivity contribution < 1.29 is 27.5 Å². The molecule has 0 bridgehead atoms. The summed E-state index contributed by atoms with van der Waals surface area (Å²) in [6.07, 6.45) is 1.42. The molecule has 166 valence electrons. The van der Waals surface area contributed by atoms with Crippen LogP contribution in [-0.4, -0.2) is 55.9 Å². The Kier molecular flexibility index (Phi) is 8.57. The molecule has 0 aliphatic heterocycles. The molecule has 0 saturated heterocycles. The number of ether oxygens (including phenoxy) is 2. The molecule has 0 unspecified atom stereocenters. The van der Waals surface area contributed by atoms with Crippen LogP contribution >= 0.6 is 0 Å². The number of carbonyl (C=O) groups excluding carboxylic acids is 1. The van der Waals surface area contributed by atoms with Crippen LogP contribution in [0.5, 0.6) is 0 Å². The fourth-order valence-electron chi connectivity index (χ4n) is 3.68. The van der Waals surface area contributed by atoms with Crippen molar-refractivity contribution >= 4 is 36.3 Å². The SMILES string of the molecule is CO[Si](CCCOCCCOC(=O)c1c2ccccc2cc2ccccc12)(OC)OC. The van der Waals surface area contributed by atoms with Gasteiger partial charge in [-0.1, -0.05) is 48.5 Å². The average Bonchev–Trinajstić information content (AvgIpc) is 2.82. The summed E-state index contributed by atoms with van der Waals surface area (Å²) in [5.74, 6) is -0.302. The van der Waals surface area contributed by atoms with E-state index in [1.54, 1.807) is 21.3 Å². The second-order valence-corrected chi connectivity index (χ2v) is 10.3. The molecule has 0 aliphatic carbocycles. The summed E-state index contributed by atoms with van der Waals surface area (Å²) in [4.78, 5) is 12.9. The van der Waals surface area contributed by atoms with Crippen molar-refractivity contribution in [2.24, 2.45) is 0 Å². The Morgan fingerprint density at radius 1 is 0.774 bits per heavy atom. The van der Waals surface area contributed by atoms with E-state index < -0.39 is 8.80 Å². The maximum absolute atomic E-state index is 12.9. The number of rotatable bonds is 12. The minimum Gasteiger partial charge on any atom is -0.462 e. The molecule has 0 saturated carbocycles. The summed E-state index contributed by atoms with van der Waals surface area (Å²) in [5.41, 5.74) is 0.620. The van der Waals surface area contributed by atoms with E-state index in [4.69, 9.17) is 22.8 Å². The molecule has 0 atom stereocenters. The minimum atomic E-state index is -2.54. The van der Waals surface area contributed by atoms with E-state index in [-0.39, 0.29) is 5.97 Å². The summed E-state index contributed by atoms with van der Waals surface area (Å²) in [5, 5.41) is 3.87. The van der Waals surface area contributed by atoms with Gasteiger partial charge in [0.2, 0.25) is 0 Å². The first kappa shape index (κ1) is 23.4. The molecule has 3 rings (SSSR count). The number of benzene rings is 3. The standard InChI is InChI=1S/C24H30O6Si/c1-26-31(27-2,28-3)17-9-15-29-14-8-16-30-24(25)23-21-12-6-4-10-19(21)18-20-11-5-7-13-22(20)23/h4-7,10-13,18H,8-9,14-17H2,1-3H3. The molecule has 0 fully saturated rings. The number of esters is 1. The normalized spacial score (nSPS) is 11.8. The van der Waals surface area contributed by atoms with Crippen molar-refractivity contribution in [1.29, 1.82) is 0 Å². The van der Waals surface area contributed by atoms with E-state index >= 15 is 0 Å². The lowest BCUT2D eigenvalue weighted by molar-refractivity contribution is 0.0446. The maximum Gasteiger partial charge on any atom is 0.500 e. The fourth-order valence-corrected chi connectivity index (χ4v) is 5.37. The maximum atomic E-state index is 12.9. The Morgan fingerprint density at radius 3 is 1.90 bits per heavy atom. The van der Waals surface area contributed by atoms with Crippen molar-refractivity contribution in [1.82, 2.24) is 0 Å². The first-order valence-corrected chi connectivity index (χ1v) is 12.4. The van der Waals surface area contributed by atoms with Crippen molar-refractivity contribution in [3.63, 3.8) is 0 Å². The van der Waals surface area contributed by atoms with E-state index in [2.05, 4.69) is 6.07 Å². The molecule has 3 aromatic carbocycles. The summed E-state index contributed by atoms with van der Waals surface area (Å²) < 4.78 is 27.4. The lowest BCUT2D eigenvalue weighted by Gasteiger charge is -2.24. The highest BCUT2D eigenvalue weighted by atomic mass is 28.4. The Balaban J connectivity index is 1.50. The van der Waals surface area contributed by atoms with E-state index in [1.807, 2.05) is 48.5 Å². The molecule has 0 heterocycles. The fraction of sp³-hybridized carbons (Fsp3) is 0.375. The van der Waals surface area contributed by atoms with Crippen molar-refractivity contribution in [2.75, 3.05) is 41.2 Å². The summed E-state index contributed by atoms with van der Waals surface area (Å²) in [6.45, 7) is 1.40. The topological polar surface area (TPSA) is 63.2 Å². The van der Waals surface area contributed by atoms with Crippen molar-refractivity contribution in [3.05, 3.63) is 60.2 Å². The van der Waals surface area contributed by atoms with Gasteiger partial charge in [0.15, 0.2) is 0 Å². The van der Waals surface area contributed by atoms with Crippen LogP contribution in [0, 0.1) is 0 Å². The van der Waals surface area contributed by atoms with Gasteiger partial charge in [0.05, 0.1) is 12.2 Å². The Morgan fingerprint density at radius 2 is 1.32 bits per heavy atom. The third-order valence-electron chi connectivity index (χ3n) is 5.35. The average molecular weight is 443 g/mol. The van der Waals surface area contributed by atoms with Gasteiger partial charge in [-0.2, -0.15) is 0 Å². The van der Waals surface area contributed by atoms with Crippen molar-refractivity contribution in [3.8, 4) is 0 Å². The number of carbonyl (C=O) groups is 1. The second-order valence-electron chi connectivity index (χ2n) is 7.19. The number of fused-ring (bicyclic) bond motifs is 2. The molecular formula is C24H30O6Si. The highest BCUT2D eigenvalue weighted by molar-refractivity contribution is 6.60. The monoisotopic (exact) mass is 442 g/mol. The molecule has 6 nitrogen and oxygen atoms in total. The van der Waals surface area contributed by atoms with Gasteiger partial charge in [0, 0.05) is 47.0 Å². The van der Waals surface area contributed by atoms with Gasteiger partial charge in [0.1, 0.15) is 0 Å². The van der Waals surface area contributed by atoms with Crippen LogP contribution in [-0.2, 0) is 22.8 Å². The van der Waals surface area contributed by atoms with Gasteiger partial charge in [-0.25, -0.2) is 4.79 Å². The summed E-state index contributed by atoms with van der Waals surface area (Å²) >= 11 is 0. The Hall–Kier alpha value is -2.29. The highest BCUT2D eigenvalue weighted by Crippen LogP contribution is 2.29. The lowest BCUT2D eigenvalue weighted by Crippen LogP contribution is -2.42. The third-order valence-corrected chi connectivity index (χ3v) is 8.18. The molecule has 0 radical (unpaired) electrons. The lowest BCUT2D eigenvalue weighted by atomic mass is 9.97. The molecule has 0 aliphatic rings. The quantitative estimate of drug-likeness (QED) is 0.173. The smallest absolute Gasteiger partial charge is 0.462 e. The zero-order chi connectivity index (χ0) is 22.1. The molecule has 3 aromatic rings. The summed E-state index contributed by atoms with van der Waals surface area (Å²) in [7, 11) is 2.27. The second kappa shape index (κ2) is 11.4. The number of hydrogen-bond acceptors (Lipinski definition) is 6. The molecular weight excluding hydrogens is 412 g/mol. The number of hydrogen-bond donors (Lipinski definition) is 0. The van der Waals surface area contributed by atoms with Gasteiger partial charge < -0.3 is 22.8 Å². The Bertz CT molecular complexity index is 939.